The highest BCUT2D eigenvalue weighted by molar-refractivity contribution is 9.08. The topological polar surface area (TPSA) is 12.9 Å². The third-order valence-corrected chi connectivity index (χ3v) is 2.32. The van der Waals surface area contributed by atoms with E-state index in [1.165, 1.54) is 0 Å². The maximum absolute atomic E-state index is 12.3. The lowest BCUT2D eigenvalue weighted by atomic mass is 10.1. The highest BCUT2D eigenvalue weighted by atomic mass is 79.9. The molecule has 0 saturated carbocycles. The van der Waals surface area contributed by atoms with Crippen molar-refractivity contribution in [1.82, 2.24) is 4.98 Å². The van der Waals surface area contributed by atoms with E-state index >= 15 is 0 Å². The van der Waals surface area contributed by atoms with E-state index in [9.17, 15) is 26.3 Å². The maximum Gasteiger partial charge on any atom is 0.433 e. The first-order valence-electron chi connectivity index (χ1n) is 3.85. The van der Waals surface area contributed by atoms with Gasteiger partial charge in [0.1, 0.15) is 0 Å². The third-order valence-electron chi connectivity index (χ3n) is 1.67. The fourth-order valence-electron chi connectivity index (χ4n) is 1.02. The van der Waals surface area contributed by atoms with Crippen molar-refractivity contribution < 1.29 is 26.3 Å². The molecule has 0 spiro atoms. The smallest absolute Gasteiger partial charge is 0.251 e. The molecule has 1 aromatic rings. The predicted molar refractivity (Wildman–Crippen MR) is 46.9 cm³/mol. The number of aromatic nitrogens is 1. The van der Waals surface area contributed by atoms with E-state index in [1.54, 1.807) is 0 Å². The van der Waals surface area contributed by atoms with E-state index in [1.807, 2.05) is 0 Å². The lowest BCUT2D eigenvalue weighted by Gasteiger charge is -2.14. The second kappa shape index (κ2) is 4.23. The second-order valence-corrected chi connectivity index (χ2v) is 3.43. The molecule has 1 aromatic heterocycles. The van der Waals surface area contributed by atoms with Gasteiger partial charge in [0.25, 0.3) is 0 Å². The quantitative estimate of drug-likeness (QED) is 0.564. The summed E-state index contributed by atoms with van der Waals surface area (Å²) in [6.45, 7) is 0. The summed E-state index contributed by atoms with van der Waals surface area (Å²) in [6, 6.07) is 0.435. The van der Waals surface area contributed by atoms with Crippen LogP contribution in [0.5, 0.6) is 0 Å². The molecule has 0 bridgehead atoms. The minimum Gasteiger partial charge on any atom is -0.251 e. The molecule has 0 amide bonds. The zero-order chi connectivity index (χ0) is 12.6. The van der Waals surface area contributed by atoms with Crippen molar-refractivity contribution in [1.29, 1.82) is 0 Å². The van der Waals surface area contributed by atoms with Gasteiger partial charge in [-0.15, -0.1) is 0 Å². The summed E-state index contributed by atoms with van der Waals surface area (Å²) in [5.41, 5.74) is -3.65. The molecular formula is C8H4BrF6N. The van der Waals surface area contributed by atoms with E-state index in [0.717, 1.165) is 6.20 Å². The maximum atomic E-state index is 12.3. The average molecular weight is 308 g/mol. The first kappa shape index (κ1) is 13.3. The van der Waals surface area contributed by atoms with Crippen molar-refractivity contribution in [2.45, 2.75) is 17.7 Å². The van der Waals surface area contributed by atoms with Gasteiger partial charge in [-0.1, -0.05) is 15.9 Å². The van der Waals surface area contributed by atoms with Crippen LogP contribution in [0.4, 0.5) is 26.3 Å². The van der Waals surface area contributed by atoms with Gasteiger partial charge in [0.2, 0.25) is 0 Å². The predicted octanol–water partition coefficient (Wildman–Crippen LogP) is 4.01. The summed E-state index contributed by atoms with van der Waals surface area (Å²) < 4.78 is 73.7. The molecule has 1 rings (SSSR count). The monoisotopic (exact) mass is 307 g/mol. The van der Waals surface area contributed by atoms with Gasteiger partial charge >= 0.3 is 12.4 Å². The number of hydrogen-bond acceptors (Lipinski definition) is 1. The molecule has 0 aliphatic rings. The van der Waals surface area contributed by atoms with E-state index in [-0.39, 0.29) is 10.9 Å². The van der Waals surface area contributed by atoms with Gasteiger partial charge in [-0.25, -0.2) is 0 Å². The molecule has 0 radical (unpaired) electrons. The largest absolute Gasteiger partial charge is 0.433 e. The van der Waals surface area contributed by atoms with Gasteiger partial charge in [0, 0.05) is 11.5 Å². The number of rotatable bonds is 1. The number of nitrogens with zero attached hydrogens (tertiary/aromatic N) is 1. The van der Waals surface area contributed by atoms with Crippen molar-refractivity contribution in [3.05, 3.63) is 29.1 Å². The molecule has 0 aliphatic heterocycles. The molecule has 16 heavy (non-hydrogen) atoms. The van der Waals surface area contributed by atoms with E-state index in [2.05, 4.69) is 20.9 Å². The minimum absolute atomic E-state index is 0.00121. The number of hydrogen-bond donors (Lipinski definition) is 0. The highest BCUT2D eigenvalue weighted by Crippen LogP contribution is 2.39. The minimum atomic E-state index is -5.12. The van der Waals surface area contributed by atoms with Crippen LogP contribution in [-0.2, 0) is 17.7 Å². The number of halogens is 7. The van der Waals surface area contributed by atoms with E-state index in [4.69, 9.17) is 0 Å². The molecule has 0 N–H and O–H groups in total. The van der Waals surface area contributed by atoms with Gasteiger partial charge in [-0.05, 0) is 11.6 Å². The average Bonchev–Trinajstić information content (AvgIpc) is 2.14. The van der Waals surface area contributed by atoms with Crippen LogP contribution < -0.4 is 0 Å². The lowest BCUT2D eigenvalue weighted by molar-refractivity contribution is -0.164. The summed E-state index contributed by atoms with van der Waals surface area (Å²) in [7, 11) is 0. The Morgan fingerprint density at radius 1 is 1.06 bits per heavy atom. The SMILES string of the molecule is FC(F)(F)c1cc(CBr)cnc1C(F)(F)F. The summed E-state index contributed by atoms with van der Waals surface area (Å²) in [4.78, 5) is 2.81. The molecule has 8 heteroatoms. The third kappa shape index (κ3) is 2.87. The number of pyridine rings is 1. The summed E-state index contributed by atoms with van der Waals surface area (Å²) >= 11 is 2.84. The summed E-state index contributed by atoms with van der Waals surface area (Å²) in [6.07, 6.45) is -9.43. The molecular weight excluding hydrogens is 304 g/mol. The molecule has 1 heterocycles. The Labute approximate surface area is 94.6 Å². The second-order valence-electron chi connectivity index (χ2n) is 2.87. The summed E-state index contributed by atoms with van der Waals surface area (Å²) in [5.74, 6) is 0. The molecule has 0 atom stereocenters. The van der Waals surface area contributed by atoms with Gasteiger partial charge in [-0.3, -0.25) is 4.98 Å². The Balaban J connectivity index is 3.40. The number of alkyl halides is 7. The Bertz CT molecular complexity index is 383. The Morgan fingerprint density at radius 2 is 1.62 bits per heavy atom. The first-order valence-corrected chi connectivity index (χ1v) is 4.97. The Hall–Kier alpha value is -0.790. The fraction of sp³-hybridized carbons (Fsp3) is 0.375. The van der Waals surface area contributed by atoms with Crippen LogP contribution in [0, 0.1) is 0 Å². The van der Waals surface area contributed by atoms with Crippen molar-refractivity contribution >= 4 is 15.9 Å². The van der Waals surface area contributed by atoms with Crippen LogP contribution >= 0.6 is 15.9 Å². The fourth-order valence-corrected chi connectivity index (χ4v) is 1.33. The zero-order valence-corrected chi connectivity index (χ0v) is 9.04. The standard InChI is InChI=1S/C8H4BrF6N/c9-2-4-1-5(7(10,11)12)6(16-3-4)8(13,14)15/h1,3H,2H2. The van der Waals surface area contributed by atoms with Crippen LogP contribution in [0.1, 0.15) is 16.8 Å². The van der Waals surface area contributed by atoms with Gasteiger partial charge in [0.05, 0.1) is 5.56 Å². The van der Waals surface area contributed by atoms with Crippen molar-refractivity contribution in [3.8, 4) is 0 Å². The van der Waals surface area contributed by atoms with E-state index in [0.29, 0.717) is 6.07 Å². The molecule has 0 unspecified atom stereocenters. The highest BCUT2D eigenvalue weighted by Gasteiger charge is 2.44. The van der Waals surface area contributed by atoms with Gasteiger partial charge in [0.15, 0.2) is 5.69 Å². The van der Waals surface area contributed by atoms with Crippen LogP contribution in [0.15, 0.2) is 12.3 Å². The molecule has 90 valence electrons. The van der Waals surface area contributed by atoms with E-state index < -0.39 is 23.6 Å². The van der Waals surface area contributed by atoms with Crippen molar-refractivity contribution in [3.63, 3.8) is 0 Å². The van der Waals surface area contributed by atoms with Crippen LogP contribution in [0.2, 0.25) is 0 Å². The summed E-state index contributed by atoms with van der Waals surface area (Å²) in [5, 5.41) is 0.00121. The molecule has 0 saturated heterocycles. The first-order chi connectivity index (χ1) is 7.16. The molecule has 0 aromatic carbocycles. The van der Waals surface area contributed by atoms with Gasteiger partial charge < -0.3 is 0 Å². The van der Waals surface area contributed by atoms with Crippen LogP contribution in [0.25, 0.3) is 0 Å². The Morgan fingerprint density at radius 3 is 2.00 bits per heavy atom. The molecule has 1 nitrogen and oxygen atoms in total. The lowest BCUT2D eigenvalue weighted by Crippen LogP contribution is -2.18. The van der Waals surface area contributed by atoms with Crippen LogP contribution in [-0.4, -0.2) is 4.98 Å². The van der Waals surface area contributed by atoms with Crippen molar-refractivity contribution in [2.75, 3.05) is 0 Å². The van der Waals surface area contributed by atoms with Crippen LogP contribution in [0.3, 0.4) is 0 Å². The van der Waals surface area contributed by atoms with Crippen molar-refractivity contribution in [2.24, 2.45) is 0 Å². The normalized spacial score (nSPS) is 12.9. The Kier molecular flexibility index (Phi) is 3.51. The van der Waals surface area contributed by atoms with Gasteiger partial charge in [-0.2, -0.15) is 26.3 Å². The molecule has 0 aliphatic carbocycles. The zero-order valence-electron chi connectivity index (χ0n) is 7.45. The molecule has 0 fully saturated rings.